The second-order valence-electron chi connectivity index (χ2n) is 7.73. The van der Waals surface area contributed by atoms with Gasteiger partial charge in [0.25, 0.3) is 11.7 Å². The molecule has 0 spiro atoms. The molecule has 0 aromatic heterocycles. The number of likely N-dealkylation sites (tertiary alicyclic amines) is 1. The number of hydrogen-bond acceptors (Lipinski definition) is 7. The number of likely N-dealkylation sites (N-methyl/N-ethyl adjacent to an activating group) is 1. The molecule has 1 aliphatic heterocycles. The number of carbonyl (C=O) groups excluding carboxylic acids is 2. The van der Waals surface area contributed by atoms with Gasteiger partial charge in [-0.3, -0.25) is 9.59 Å². The van der Waals surface area contributed by atoms with Gasteiger partial charge in [0.05, 0.1) is 38.0 Å². The lowest BCUT2D eigenvalue weighted by Crippen LogP contribution is -2.35. The third-order valence-corrected chi connectivity index (χ3v) is 5.79. The third-order valence-electron chi connectivity index (χ3n) is 5.48. The number of carbonyl (C=O) groups is 2. The molecule has 0 bridgehead atoms. The highest BCUT2D eigenvalue weighted by molar-refractivity contribution is 6.46. The van der Waals surface area contributed by atoms with Crippen LogP contribution in [0, 0.1) is 0 Å². The molecule has 9 heteroatoms. The number of hydrogen-bond donors (Lipinski definition) is 1. The van der Waals surface area contributed by atoms with Crippen molar-refractivity contribution in [3.8, 4) is 17.2 Å². The van der Waals surface area contributed by atoms with Gasteiger partial charge in [-0.05, 0) is 38.4 Å². The van der Waals surface area contributed by atoms with Crippen LogP contribution in [0.4, 0.5) is 0 Å². The Bertz CT molecular complexity index is 1100. The van der Waals surface area contributed by atoms with Crippen LogP contribution in [-0.4, -0.2) is 75.1 Å². The largest absolute Gasteiger partial charge is 0.507 e. The highest BCUT2D eigenvalue weighted by Crippen LogP contribution is 2.45. The Morgan fingerprint density at radius 2 is 1.76 bits per heavy atom. The van der Waals surface area contributed by atoms with E-state index in [-0.39, 0.29) is 17.9 Å². The smallest absolute Gasteiger partial charge is 0.295 e. The number of benzene rings is 2. The van der Waals surface area contributed by atoms with Crippen molar-refractivity contribution in [3.63, 3.8) is 0 Å². The fourth-order valence-corrected chi connectivity index (χ4v) is 4.03. The van der Waals surface area contributed by atoms with Crippen molar-refractivity contribution in [1.29, 1.82) is 0 Å². The molecule has 1 saturated heterocycles. The summed E-state index contributed by atoms with van der Waals surface area (Å²) in [5.41, 5.74) is 0.778. The number of methoxy groups -OCH3 is 3. The highest BCUT2D eigenvalue weighted by Gasteiger charge is 2.47. The number of amides is 1. The molecule has 3 rings (SSSR count). The molecule has 1 aliphatic rings. The highest BCUT2D eigenvalue weighted by atomic mass is 35.5. The lowest BCUT2D eigenvalue weighted by atomic mass is 9.94. The van der Waals surface area contributed by atoms with Crippen LogP contribution in [-0.2, 0) is 9.59 Å². The maximum Gasteiger partial charge on any atom is 0.295 e. The first-order chi connectivity index (χ1) is 15.7. The van der Waals surface area contributed by atoms with Crippen molar-refractivity contribution in [3.05, 3.63) is 58.1 Å². The average molecular weight is 475 g/mol. The second-order valence-corrected chi connectivity index (χ2v) is 8.14. The summed E-state index contributed by atoms with van der Waals surface area (Å²) in [6.45, 7) is 0.786. The molecule has 1 atom stereocenters. The van der Waals surface area contributed by atoms with Gasteiger partial charge in [0.2, 0.25) is 0 Å². The van der Waals surface area contributed by atoms with E-state index in [1.807, 2.05) is 19.0 Å². The van der Waals surface area contributed by atoms with Crippen molar-refractivity contribution in [2.75, 3.05) is 48.5 Å². The van der Waals surface area contributed by atoms with Crippen LogP contribution in [0.2, 0.25) is 5.02 Å². The summed E-state index contributed by atoms with van der Waals surface area (Å²) in [7, 11) is 8.18. The maximum absolute atomic E-state index is 13.2. The Balaban J connectivity index is 2.26. The van der Waals surface area contributed by atoms with Crippen LogP contribution in [0.15, 0.2) is 42.0 Å². The number of aliphatic hydroxyl groups is 1. The normalized spacial score (nSPS) is 17.5. The van der Waals surface area contributed by atoms with E-state index in [2.05, 4.69) is 0 Å². The first-order valence-corrected chi connectivity index (χ1v) is 10.6. The van der Waals surface area contributed by atoms with Gasteiger partial charge in [-0.1, -0.05) is 23.7 Å². The maximum atomic E-state index is 13.2. The zero-order valence-electron chi connectivity index (χ0n) is 19.2. The predicted octanol–water partition coefficient (Wildman–Crippen LogP) is 3.35. The minimum Gasteiger partial charge on any atom is -0.507 e. The number of ether oxygens (including phenoxy) is 3. The van der Waals surface area contributed by atoms with Crippen LogP contribution >= 0.6 is 11.6 Å². The molecule has 1 unspecified atom stereocenters. The Kier molecular flexibility index (Phi) is 7.50. The number of halogens is 1. The van der Waals surface area contributed by atoms with E-state index in [0.717, 1.165) is 0 Å². The van der Waals surface area contributed by atoms with Gasteiger partial charge in [-0.25, -0.2) is 0 Å². The van der Waals surface area contributed by atoms with Crippen molar-refractivity contribution >= 4 is 29.1 Å². The lowest BCUT2D eigenvalue weighted by Gasteiger charge is -2.28. The molecule has 2 aromatic carbocycles. The average Bonchev–Trinajstić information content (AvgIpc) is 3.06. The monoisotopic (exact) mass is 474 g/mol. The van der Waals surface area contributed by atoms with Crippen molar-refractivity contribution in [1.82, 2.24) is 9.80 Å². The number of Topliss-reactive ketones (excluding diaryl/α,β-unsaturated/α-hetero) is 1. The molecular formula is C24H27ClN2O6. The molecule has 33 heavy (non-hydrogen) atoms. The van der Waals surface area contributed by atoms with E-state index >= 15 is 0 Å². The first-order valence-electron chi connectivity index (χ1n) is 10.2. The molecule has 0 radical (unpaired) electrons. The number of aliphatic hydroxyl groups excluding tert-OH is 1. The van der Waals surface area contributed by atoms with Gasteiger partial charge < -0.3 is 29.1 Å². The van der Waals surface area contributed by atoms with Gasteiger partial charge >= 0.3 is 0 Å². The second kappa shape index (κ2) is 10.1. The van der Waals surface area contributed by atoms with Gasteiger partial charge in [-0.15, -0.1) is 0 Å². The minimum atomic E-state index is -0.878. The molecule has 1 N–H and O–H groups in total. The summed E-state index contributed by atoms with van der Waals surface area (Å²) in [4.78, 5) is 29.6. The number of para-hydroxylation sites is 1. The van der Waals surface area contributed by atoms with Crippen LogP contribution in [0.1, 0.15) is 17.2 Å². The fourth-order valence-electron chi connectivity index (χ4n) is 3.83. The third kappa shape index (κ3) is 4.62. The van der Waals surface area contributed by atoms with E-state index in [0.29, 0.717) is 39.9 Å². The van der Waals surface area contributed by atoms with E-state index in [4.69, 9.17) is 25.8 Å². The summed E-state index contributed by atoms with van der Waals surface area (Å²) >= 11 is 6.12. The Hall–Kier alpha value is -3.23. The lowest BCUT2D eigenvalue weighted by molar-refractivity contribution is -0.140. The molecule has 0 saturated carbocycles. The van der Waals surface area contributed by atoms with Crippen LogP contribution < -0.4 is 14.2 Å². The molecule has 2 aromatic rings. The van der Waals surface area contributed by atoms with E-state index in [9.17, 15) is 14.7 Å². The molecule has 1 fully saturated rings. The van der Waals surface area contributed by atoms with Crippen LogP contribution in [0.3, 0.4) is 0 Å². The molecular weight excluding hydrogens is 448 g/mol. The van der Waals surface area contributed by atoms with Gasteiger partial charge in [0, 0.05) is 24.2 Å². The summed E-state index contributed by atoms with van der Waals surface area (Å²) in [5, 5.41) is 11.6. The Morgan fingerprint density at radius 3 is 2.36 bits per heavy atom. The minimum absolute atomic E-state index is 0.0466. The zero-order valence-corrected chi connectivity index (χ0v) is 20.0. The van der Waals surface area contributed by atoms with Crippen LogP contribution in [0.5, 0.6) is 17.2 Å². The molecule has 0 aliphatic carbocycles. The predicted molar refractivity (Wildman–Crippen MR) is 125 cm³/mol. The molecule has 8 nitrogen and oxygen atoms in total. The fraction of sp³-hybridized carbons (Fsp3) is 0.333. The standard InChI is InChI=1S/C24H27ClN2O6/c1-26(2)11-12-27-20(15-7-6-8-17(31-3)23(15)33-5)19(22(29)24(27)30)21(28)14-9-10-16(25)18(13-14)32-4/h6-10,13,20,28H,11-12H2,1-5H3/b21-19+. The van der Waals surface area contributed by atoms with Gasteiger partial charge in [0.15, 0.2) is 11.5 Å². The molecule has 1 heterocycles. The van der Waals surface area contributed by atoms with Crippen molar-refractivity contribution < 1.29 is 28.9 Å². The van der Waals surface area contributed by atoms with Crippen molar-refractivity contribution in [2.24, 2.45) is 0 Å². The number of rotatable bonds is 8. The Morgan fingerprint density at radius 1 is 1.06 bits per heavy atom. The summed E-state index contributed by atoms with van der Waals surface area (Å²) in [5.74, 6) is -0.657. The zero-order chi connectivity index (χ0) is 24.3. The number of nitrogens with zero attached hydrogens (tertiary/aromatic N) is 2. The van der Waals surface area contributed by atoms with Crippen LogP contribution in [0.25, 0.3) is 5.76 Å². The van der Waals surface area contributed by atoms with Gasteiger partial charge in [0.1, 0.15) is 11.5 Å². The molecule has 176 valence electrons. The summed E-state index contributed by atoms with van der Waals surface area (Å²) in [6.07, 6.45) is 0. The van der Waals surface area contributed by atoms with E-state index in [1.165, 1.54) is 32.3 Å². The number of ketones is 1. The summed E-state index contributed by atoms with van der Waals surface area (Å²) in [6, 6.07) is 8.97. The SMILES string of the molecule is COc1cc(/C(O)=C2\C(=O)C(=O)N(CCN(C)C)C2c2cccc(OC)c2OC)ccc1Cl. The quantitative estimate of drug-likeness (QED) is 0.356. The first kappa shape index (κ1) is 24.4. The van der Waals surface area contributed by atoms with Gasteiger partial charge in [-0.2, -0.15) is 0 Å². The topological polar surface area (TPSA) is 88.5 Å². The van der Waals surface area contributed by atoms with E-state index in [1.54, 1.807) is 30.3 Å². The Labute approximate surface area is 197 Å². The summed E-state index contributed by atoms with van der Waals surface area (Å²) < 4.78 is 16.2. The van der Waals surface area contributed by atoms with E-state index < -0.39 is 17.7 Å². The van der Waals surface area contributed by atoms with Crippen molar-refractivity contribution in [2.45, 2.75) is 6.04 Å². The molecule has 1 amide bonds.